The molecule has 1 aromatic carbocycles. The standard InChI is InChI=1S/C13H14O3/c1-3-16-13(15)8-7-11-6-4-5-10(2)12(11)9-14/h4-9H,3H2,1-2H3/b8-7+. The molecular weight excluding hydrogens is 204 g/mol. The molecule has 0 fully saturated rings. The maximum absolute atomic E-state index is 11.1. The van der Waals surface area contributed by atoms with Crippen LogP contribution in [0.4, 0.5) is 0 Å². The highest BCUT2D eigenvalue weighted by atomic mass is 16.5. The average molecular weight is 218 g/mol. The maximum atomic E-state index is 11.1. The molecule has 0 aliphatic rings. The number of rotatable bonds is 4. The van der Waals surface area contributed by atoms with Gasteiger partial charge in [0, 0.05) is 11.6 Å². The van der Waals surface area contributed by atoms with Crippen molar-refractivity contribution in [3.63, 3.8) is 0 Å². The summed E-state index contributed by atoms with van der Waals surface area (Å²) in [6.45, 7) is 3.94. The van der Waals surface area contributed by atoms with Crippen molar-refractivity contribution in [3.05, 3.63) is 41.0 Å². The first-order chi connectivity index (χ1) is 7.69. The Morgan fingerprint density at radius 3 is 2.81 bits per heavy atom. The van der Waals surface area contributed by atoms with Crippen molar-refractivity contribution in [1.82, 2.24) is 0 Å². The molecule has 0 N–H and O–H groups in total. The summed E-state index contributed by atoms with van der Waals surface area (Å²) in [5, 5.41) is 0. The van der Waals surface area contributed by atoms with Gasteiger partial charge in [-0.2, -0.15) is 0 Å². The molecule has 0 amide bonds. The first-order valence-corrected chi connectivity index (χ1v) is 5.08. The second kappa shape index (κ2) is 5.85. The lowest BCUT2D eigenvalue weighted by atomic mass is 10.0. The largest absolute Gasteiger partial charge is 0.463 e. The van der Waals surface area contributed by atoms with Crippen molar-refractivity contribution in [1.29, 1.82) is 0 Å². The van der Waals surface area contributed by atoms with Crippen molar-refractivity contribution < 1.29 is 14.3 Å². The number of aldehydes is 1. The number of hydrogen-bond acceptors (Lipinski definition) is 3. The summed E-state index contributed by atoms with van der Waals surface area (Å²) in [4.78, 5) is 22.0. The van der Waals surface area contributed by atoms with Crippen LogP contribution in [0.3, 0.4) is 0 Å². The van der Waals surface area contributed by atoms with Crippen molar-refractivity contribution >= 4 is 18.3 Å². The molecule has 0 atom stereocenters. The predicted octanol–water partition coefficient (Wildman–Crippen LogP) is 2.38. The van der Waals surface area contributed by atoms with Crippen LogP contribution in [0, 0.1) is 6.92 Å². The fourth-order valence-electron chi connectivity index (χ4n) is 1.36. The van der Waals surface area contributed by atoms with Gasteiger partial charge >= 0.3 is 5.97 Å². The van der Waals surface area contributed by atoms with E-state index in [1.807, 2.05) is 19.1 Å². The van der Waals surface area contributed by atoms with E-state index < -0.39 is 5.97 Å². The molecule has 0 unspecified atom stereocenters. The van der Waals surface area contributed by atoms with Gasteiger partial charge in [0.25, 0.3) is 0 Å². The van der Waals surface area contributed by atoms with Crippen LogP contribution in [-0.4, -0.2) is 18.9 Å². The minimum absolute atomic E-state index is 0.345. The first-order valence-electron chi connectivity index (χ1n) is 5.08. The van der Waals surface area contributed by atoms with Crippen LogP contribution in [0.1, 0.15) is 28.4 Å². The van der Waals surface area contributed by atoms with Crippen LogP contribution in [0.2, 0.25) is 0 Å². The number of esters is 1. The molecule has 0 aliphatic heterocycles. The Morgan fingerprint density at radius 2 is 2.19 bits per heavy atom. The molecule has 84 valence electrons. The second-order valence-electron chi connectivity index (χ2n) is 3.28. The number of aryl methyl sites for hydroxylation is 1. The Kier molecular flexibility index (Phi) is 4.45. The van der Waals surface area contributed by atoms with Crippen molar-refractivity contribution in [3.8, 4) is 0 Å². The predicted molar refractivity (Wildman–Crippen MR) is 62.2 cm³/mol. The summed E-state index contributed by atoms with van der Waals surface area (Å²) in [6.07, 6.45) is 3.71. The number of hydrogen-bond donors (Lipinski definition) is 0. The molecule has 0 aliphatic carbocycles. The van der Waals surface area contributed by atoms with Gasteiger partial charge in [0.2, 0.25) is 0 Å². The van der Waals surface area contributed by atoms with Gasteiger partial charge in [-0.1, -0.05) is 18.2 Å². The van der Waals surface area contributed by atoms with E-state index in [1.54, 1.807) is 19.1 Å². The minimum Gasteiger partial charge on any atom is -0.463 e. The van der Waals surface area contributed by atoms with Crippen LogP contribution in [0.25, 0.3) is 6.08 Å². The van der Waals surface area contributed by atoms with E-state index in [9.17, 15) is 9.59 Å². The molecule has 3 nitrogen and oxygen atoms in total. The molecule has 0 aromatic heterocycles. The Morgan fingerprint density at radius 1 is 1.44 bits per heavy atom. The lowest BCUT2D eigenvalue weighted by Gasteiger charge is -2.02. The molecule has 0 spiro atoms. The van der Waals surface area contributed by atoms with Crippen LogP contribution < -0.4 is 0 Å². The SMILES string of the molecule is CCOC(=O)/C=C/c1cccc(C)c1C=O. The Hall–Kier alpha value is -1.90. The van der Waals surface area contributed by atoms with Gasteiger partial charge in [0.05, 0.1) is 6.61 Å². The summed E-state index contributed by atoms with van der Waals surface area (Å²) in [6, 6.07) is 5.48. The summed E-state index contributed by atoms with van der Waals surface area (Å²) < 4.78 is 4.75. The smallest absolute Gasteiger partial charge is 0.330 e. The van der Waals surface area contributed by atoms with Crippen LogP contribution in [0.15, 0.2) is 24.3 Å². The quantitative estimate of drug-likeness (QED) is 0.442. The zero-order valence-electron chi connectivity index (χ0n) is 9.40. The zero-order valence-corrected chi connectivity index (χ0v) is 9.40. The van der Waals surface area contributed by atoms with E-state index in [0.29, 0.717) is 12.2 Å². The first kappa shape index (κ1) is 12.2. The van der Waals surface area contributed by atoms with E-state index in [4.69, 9.17) is 4.74 Å². The summed E-state index contributed by atoms with van der Waals surface area (Å²) in [5.41, 5.74) is 2.21. The third-order valence-corrected chi connectivity index (χ3v) is 2.16. The topological polar surface area (TPSA) is 43.4 Å². The number of ether oxygens (including phenoxy) is 1. The molecule has 1 rings (SSSR count). The van der Waals surface area contributed by atoms with Gasteiger partial charge in [0.1, 0.15) is 0 Å². The molecule has 0 saturated carbocycles. The lowest BCUT2D eigenvalue weighted by Crippen LogP contribution is -1.99. The molecule has 0 bridgehead atoms. The lowest BCUT2D eigenvalue weighted by molar-refractivity contribution is -0.137. The number of benzene rings is 1. The van der Waals surface area contributed by atoms with Gasteiger partial charge in [-0.25, -0.2) is 4.79 Å². The van der Waals surface area contributed by atoms with Crippen molar-refractivity contribution in [2.24, 2.45) is 0 Å². The fraction of sp³-hybridized carbons (Fsp3) is 0.231. The number of carbonyl (C=O) groups excluding carboxylic acids is 2. The average Bonchev–Trinajstić information content (AvgIpc) is 2.27. The summed E-state index contributed by atoms with van der Waals surface area (Å²) in [7, 11) is 0. The highest BCUT2D eigenvalue weighted by Gasteiger charge is 2.02. The van der Waals surface area contributed by atoms with E-state index >= 15 is 0 Å². The molecule has 0 saturated heterocycles. The Bertz CT molecular complexity index is 419. The van der Waals surface area contributed by atoms with Gasteiger partial charge in [-0.15, -0.1) is 0 Å². The molecule has 16 heavy (non-hydrogen) atoms. The minimum atomic E-state index is -0.402. The van der Waals surface area contributed by atoms with Crippen molar-refractivity contribution in [2.45, 2.75) is 13.8 Å². The Labute approximate surface area is 94.7 Å². The number of carbonyl (C=O) groups is 2. The molecule has 0 heterocycles. The van der Waals surface area contributed by atoms with Crippen LogP contribution >= 0.6 is 0 Å². The monoisotopic (exact) mass is 218 g/mol. The van der Waals surface area contributed by atoms with E-state index in [0.717, 1.165) is 17.4 Å². The molecule has 1 aromatic rings. The molecule has 3 heteroatoms. The van der Waals surface area contributed by atoms with Gasteiger partial charge in [-0.05, 0) is 31.1 Å². The highest BCUT2D eigenvalue weighted by molar-refractivity contribution is 5.90. The van der Waals surface area contributed by atoms with Crippen LogP contribution in [0.5, 0.6) is 0 Å². The van der Waals surface area contributed by atoms with E-state index in [-0.39, 0.29) is 0 Å². The van der Waals surface area contributed by atoms with E-state index in [2.05, 4.69) is 0 Å². The van der Waals surface area contributed by atoms with Crippen LogP contribution in [-0.2, 0) is 9.53 Å². The fourth-order valence-corrected chi connectivity index (χ4v) is 1.36. The Balaban J connectivity index is 2.93. The maximum Gasteiger partial charge on any atom is 0.330 e. The zero-order chi connectivity index (χ0) is 12.0. The third-order valence-electron chi connectivity index (χ3n) is 2.16. The van der Waals surface area contributed by atoms with Gasteiger partial charge in [0.15, 0.2) is 6.29 Å². The molecule has 0 radical (unpaired) electrons. The van der Waals surface area contributed by atoms with Gasteiger partial charge in [-0.3, -0.25) is 4.79 Å². The van der Waals surface area contributed by atoms with Crippen molar-refractivity contribution in [2.75, 3.05) is 6.61 Å². The third kappa shape index (κ3) is 3.05. The van der Waals surface area contributed by atoms with Gasteiger partial charge < -0.3 is 4.74 Å². The highest BCUT2D eigenvalue weighted by Crippen LogP contribution is 2.13. The summed E-state index contributed by atoms with van der Waals surface area (Å²) >= 11 is 0. The summed E-state index contributed by atoms with van der Waals surface area (Å²) in [5.74, 6) is -0.402. The second-order valence-corrected chi connectivity index (χ2v) is 3.28. The normalized spacial score (nSPS) is 10.4. The molecular formula is C13H14O3. The van der Waals surface area contributed by atoms with E-state index in [1.165, 1.54) is 6.08 Å².